The van der Waals surface area contributed by atoms with Gasteiger partial charge in [-0.3, -0.25) is 10.1 Å². The summed E-state index contributed by atoms with van der Waals surface area (Å²) in [5.41, 5.74) is 3.28. The largest absolute Gasteiger partial charge is 0.451 e. The van der Waals surface area contributed by atoms with Crippen LogP contribution in [0.15, 0.2) is 101 Å². The van der Waals surface area contributed by atoms with Crippen LogP contribution >= 0.6 is 0 Å². The molecule has 1 aliphatic rings. The lowest BCUT2D eigenvalue weighted by molar-refractivity contribution is 0.0829. The Balaban J connectivity index is 1.46. The second kappa shape index (κ2) is 7.20. The molecule has 3 aromatic carbocycles. The van der Waals surface area contributed by atoms with Gasteiger partial charge in [0.1, 0.15) is 11.3 Å². The maximum atomic E-state index is 12.8. The van der Waals surface area contributed by atoms with E-state index in [1.807, 2.05) is 84.9 Å². The minimum absolute atomic E-state index is 0.234. The molecule has 1 unspecified atom stereocenters. The van der Waals surface area contributed by atoms with Crippen LogP contribution in [0.1, 0.15) is 27.9 Å². The van der Waals surface area contributed by atoms with Crippen LogP contribution in [0.25, 0.3) is 16.7 Å². The number of furan rings is 1. The van der Waals surface area contributed by atoms with Gasteiger partial charge in [-0.05, 0) is 12.1 Å². The zero-order chi connectivity index (χ0) is 19.6. The molecule has 0 saturated heterocycles. The minimum atomic E-state index is -0.391. The normalized spacial score (nSPS) is 15.8. The van der Waals surface area contributed by atoms with Crippen LogP contribution in [0, 0.1) is 0 Å². The quantitative estimate of drug-likeness (QED) is 0.532. The fraction of sp³-hybridized carbons (Fsp3) is 0.0417. The Morgan fingerprint density at radius 2 is 1.55 bits per heavy atom. The first-order chi connectivity index (χ1) is 14.3. The highest BCUT2D eigenvalue weighted by Crippen LogP contribution is 2.31. The Morgan fingerprint density at radius 1 is 0.862 bits per heavy atom. The molecule has 0 saturated carbocycles. The lowest BCUT2D eigenvalue weighted by Crippen LogP contribution is -2.23. The van der Waals surface area contributed by atoms with Gasteiger partial charge < -0.3 is 14.5 Å². The Morgan fingerprint density at radius 3 is 2.31 bits per heavy atom. The topological polar surface area (TPSA) is 63.5 Å². The van der Waals surface area contributed by atoms with Crippen molar-refractivity contribution in [3.63, 3.8) is 0 Å². The predicted octanol–water partition coefficient (Wildman–Crippen LogP) is 4.81. The highest BCUT2D eigenvalue weighted by molar-refractivity contribution is 5.97. The van der Waals surface area contributed by atoms with E-state index in [1.54, 1.807) is 6.07 Å². The second-order valence-corrected chi connectivity index (χ2v) is 6.73. The first kappa shape index (κ1) is 17.1. The molecular formula is C24H18N2O3. The maximum absolute atomic E-state index is 12.8. The summed E-state index contributed by atoms with van der Waals surface area (Å²) in [7, 11) is 0. The summed E-state index contributed by atoms with van der Waals surface area (Å²) >= 11 is 0. The summed E-state index contributed by atoms with van der Waals surface area (Å²) in [5.74, 6) is 0.244. The third-order valence-electron chi connectivity index (χ3n) is 4.78. The fourth-order valence-electron chi connectivity index (χ4n) is 3.35. The van der Waals surface area contributed by atoms with Crippen LogP contribution in [0.3, 0.4) is 0 Å². The molecule has 1 aliphatic heterocycles. The molecule has 0 spiro atoms. The number of benzene rings is 3. The zero-order valence-corrected chi connectivity index (χ0v) is 15.5. The van der Waals surface area contributed by atoms with Crippen LogP contribution in [0.5, 0.6) is 0 Å². The van der Waals surface area contributed by atoms with Crippen molar-refractivity contribution >= 4 is 22.6 Å². The Hall–Kier alpha value is -3.99. The highest BCUT2D eigenvalue weighted by atomic mass is 16.5. The van der Waals surface area contributed by atoms with Gasteiger partial charge in [-0.1, -0.05) is 78.9 Å². The molecule has 4 aromatic rings. The molecule has 1 atom stereocenters. The Labute approximate surface area is 167 Å². The molecule has 29 heavy (non-hydrogen) atoms. The molecule has 1 amide bonds. The average molecular weight is 382 g/mol. The average Bonchev–Trinajstić information content (AvgIpc) is 3.39. The van der Waals surface area contributed by atoms with Gasteiger partial charge in [-0.15, -0.1) is 0 Å². The van der Waals surface area contributed by atoms with Crippen molar-refractivity contribution in [3.05, 3.63) is 114 Å². The predicted molar refractivity (Wildman–Crippen MR) is 110 cm³/mol. The van der Waals surface area contributed by atoms with E-state index in [4.69, 9.17) is 9.15 Å². The van der Waals surface area contributed by atoms with E-state index < -0.39 is 6.23 Å². The number of rotatable bonds is 4. The number of carbonyl (C=O) groups is 1. The SMILES string of the molecule is O=C(NC1=C(c2ccccc2)NC(c2ccccc2)O1)c1cc2ccccc2o1. The minimum Gasteiger partial charge on any atom is -0.451 e. The number of para-hydroxylation sites is 1. The van der Waals surface area contributed by atoms with Crippen LogP contribution in [0.2, 0.25) is 0 Å². The van der Waals surface area contributed by atoms with Crippen molar-refractivity contribution in [1.82, 2.24) is 10.6 Å². The van der Waals surface area contributed by atoms with Gasteiger partial charge in [0, 0.05) is 16.5 Å². The van der Waals surface area contributed by atoms with E-state index >= 15 is 0 Å². The molecule has 5 nitrogen and oxygen atoms in total. The van der Waals surface area contributed by atoms with Gasteiger partial charge in [-0.2, -0.15) is 0 Å². The smallest absolute Gasteiger partial charge is 0.293 e. The van der Waals surface area contributed by atoms with Gasteiger partial charge in [0.15, 0.2) is 12.0 Å². The second-order valence-electron chi connectivity index (χ2n) is 6.73. The lowest BCUT2D eigenvalue weighted by Gasteiger charge is -2.13. The van der Waals surface area contributed by atoms with Gasteiger partial charge in [0.2, 0.25) is 5.88 Å². The first-order valence-electron chi connectivity index (χ1n) is 9.36. The molecule has 0 fully saturated rings. The summed E-state index contributed by atoms with van der Waals surface area (Å²) in [6.07, 6.45) is -0.391. The van der Waals surface area contributed by atoms with Gasteiger partial charge in [-0.25, -0.2) is 0 Å². The maximum Gasteiger partial charge on any atom is 0.293 e. The lowest BCUT2D eigenvalue weighted by atomic mass is 10.1. The van der Waals surface area contributed by atoms with Crippen molar-refractivity contribution in [2.75, 3.05) is 0 Å². The number of hydrogen-bond acceptors (Lipinski definition) is 4. The monoisotopic (exact) mass is 382 g/mol. The fourth-order valence-corrected chi connectivity index (χ4v) is 3.35. The standard InChI is InChI=1S/C24H18N2O3/c27-22(20-15-18-13-7-8-14-19(18)28-20)26-24-21(16-9-3-1-4-10-16)25-23(29-24)17-11-5-2-6-12-17/h1-15,23,25H,(H,26,27). The molecule has 0 bridgehead atoms. The summed E-state index contributed by atoms with van der Waals surface area (Å²) in [5, 5.41) is 7.11. The number of hydrogen-bond donors (Lipinski definition) is 2. The molecular weight excluding hydrogens is 364 g/mol. The summed E-state index contributed by atoms with van der Waals surface area (Å²) in [4.78, 5) is 12.8. The molecule has 5 heteroatoms. The number of amides is 1. The van der Waals surface area contributed by atoms with Crippen LogP contribution in [-0.4, -0.2) is 5.91 Å². The molecule has 5 rings (SSSR count). The molecule has 0 radical (unpaired) electrons. The Bertz CT molecular complexity index is 1160. The van der Waals surface area contributed by atoms with E-state index in [0.29, 0.717) is 11.5 Å². The number of fused-ring (bicyclic) bond motifs is 1. The van der Waals surface area contributed by atoms with E-state index in [-0.39, 0.29) is 11.7 Å². The zero-order valence-electron chi connectivity index (χ0n) is 15.5. The van der Waals surface area contributed by atoms with E-state index in [9.17, 15) is 4.79 Å². The van der Waals surface area contributed by atoms with Crippen molar-refractivity contribution in [2.24, 2.45) is 0 Å². The summed E-state index contributed by atoms with van der Waals surface area (Å²) < 4.78 is 11.8. The summed E-state index contributed by atoms with van der Waals surface area (Å²) in [6.45, 7) is 0. The van der Waals surface area contributed by atoms with E-state index in [1.165, 1.54) is 0 Å². The van der Waals surface area contributed by atoms with E-state index in [0.717, 1.165) is 22.2 Å². The first-order valence-corrected chi connectivity index (χ1v) is 9.36. The number of ether oxygens (including phenoxy) is 1. The number of carbonyl (C=O) groups excluding carboxylic acids is 1. The highest BCUT2D eigenvalue weighted by Gasteiger charge is 2.29. The van der Waals surface area contributed by atoms with Crippen LogP contribution in [-0.2, 0) is 4.74 Å². The molecule has 142 valence electrons. The molecule has 2 N–H and O–H groups in total. The summed E-state index contributed by atoms with van der Waals surface area (Å²) in [6, 6.07) is 28.8. The van der Waals surface area contributed by atoms with E-state index in [2.05, 4.69) is 10.6 Å². The van der Waals surface area contributed by atoms with Crippen molar-refractivity contribution < 1.29 is 13.9 Å². The van der Waals surface area contributed by atoms with Crippen LogP contribution < -0.4 is 10.6 Å². The molecule has 2 heterocycles. The van der Waals surface area contributed by atoms with Gasteiger partial charge in [0.25, 0.3) is 5.91 Å². The molecule has 0 aliphatic carbocycles. The van der Waals surface area contributed by atoms with Crippen molar-refractivity contribution in [3.8, 4) is 0 Å². The van der Waals surface area contributed by atoms with Crippen molar-refractivity contribution in [2.45, 2.75) is 6.23 Å². The third kappa shape index (κ3) is 3.34. The van der Waals surface area contributed by atoms with Crippen molar-refractivity contribution in [1.29, 1.82) is 0 Å². The Kier molecular flexibility index (Phi) is 4.26. The van der Waals surface area contributed by atoms with Gasteiger partial charge in [0.05, 0.1) is 0 Å². The third-order valence-corrected chi connectivity index (χ3v) is 4.78. The van der Waals surface area contributed by atoms with Crippen LogP contribution in [0.4, 0.5) is 0 Å². The van der Waals surface area contributed by atoms with Gasteiger partial charge >= 0.3 is 0 Å². The number of nitrogens with one attached hydrogen (secondary N) is 2. The molecule has 1 aromatic heterocycles.